The third-order valence-corrected chi connectivity index (χ3v) is 5.20. The van der Waals surface area contributed by atoms with E-state index in [1.54, 1.807) is 0 Å². The van der Waals surface area contributed by atoms with Crippen LogP contribution in [0.2, 0.25) is 0 Å². The summed E-state index contributed by atoms with van der Waals surface area (Å²) in [6.07, 6.45) is 2.35. The Bertz CT molecular complexity index is 556. The maximum Gasteiger partial charge on any atom is 0.191 e. The number of likely N-dealkylation sites (tertiary alicyclic amines) is 1. The molecule has 1 saturated heterocycles. The van der Waals surface area contributed by atoms with E-state index < -0.39 is 0 Å². The van der Waals surface area contributed by atoms with Gasteiger partial charge in [-0.05, 0) is 61.7 Å². The molecule has 0 aromatic heterocycles. The van der Waals surface area contributed by atoms with Gasteiger partial charge < -0.3 is 20.3 Å². The number of hydrogen-bond donors (Lipinski definition) is 2. The Balaban J connectivity index is 1.74. The Labute approximate surface area is 160 Å². The largest absolute Gasteiger partial charge is 0.488 e. The Hall–Kier alpha value is -1.27. The minimum absolute atomic E-state index is 0.0417. The first kappa shape index (κ1) is 20.0. The predicted molar refractivity (Wildman–Crippen MR) is 108 cm³/mol. The lowest BCUT2D eigenvalue weighted by atomic mass is 10.0. The molecule has 2 N–H and O–H groups in total. The average Bonchev–Trinajstić information content (AvgIpc) is 2.61. The molecule has 5 nitrogen and oxygen atoms in total. The number of hydrogen-bond acceptors (Lipinski definition) is 3. The van der Waals surface area contributed by atoms with Gasteiger partial charge >= 0.3 is 0 Å². The molecule has 0 spiro atoms. The van der Waals surface area contributed by atoms with Crippen molar-refractivity contribution in [3.8, 4) is 5.75 Å². The van der Waals surface area contributed by atoms with E-state index in [4.69, 9.17) is 4.74 Å². The number of guanidine groups is 1. The van der Waals surface area contributed by atoms with Gasteiger partial charge in [-0.2, -0.15) is 0 Å². The highest BCUT2D eigenvalue weighted by molar-refractivity contribution is 9.10. The summed E-state index contributed by atoms with van der Waals surface area (Å²) in [6.45, 7) is 9.58. The first-order valence-electron chi connectivity index (χ1n) is 9.12. The number of halogens is 1. The van der Waals surface area contributed by atoms with E-state index in [-0.39, 0.29) is 6.10 Å². The fourth-order valence-electron chi connectivity index (χ4n) is 2.99. The topological polar surface area (TPSA) is 48.9 Å². The maximum absolute atomic E-state index is 5.97. The Morgan fingerprint density at radius 1 is 1.28 bits per heavy atom. The van der Waals surface area contributed by atoms with Crippen LogP contribution in [0.5, 0.6) is 5.75 Å². The molecule has 0 aliphatic carbocycles. The highest BCUT2D eigenvalue weighted by Gasteiger charge is 2.21. The summed E-state index contributed by atoms with van der Waals surface area (Å²) < 4.78 is 6.94. The van der Waals surface area contributed by atoms with Crippen molar-refractivity contribution in [3.63, 3.8) is 0 Å². The van der Waals surface area contributed by atoms with Crippen molar-refractivity contribution in [2.24, 2.45) is 4.99 Å². The van der Waals surface area contributed by atoms with Crippen molar-refractivity contribution in [2.45, 2.75) is 51.8 Å². The van der Waals surface area contributed by atoms with Crippen molar-refractivity contribution in [1.29, 1.82) is 0 Å². The third kappa shape index (κ3) is 6.51. The van der Waals surface area contributed by atoms with Crippen LogP contribution in [0, 0.1) is 0 Å². The van der Waals surface area contributed by atoms with E-state index in [2.05, 4.69) is 57.2 Å². The van der Waals surface area contributed by atoms with Crippen LogP contribution in [0.15, 0.2) is 33.7 Å². The normalized spacial score (nSPS) is 18.2. The molecular formula is C19H31BrN4O. The van der Waals surface area contributed by atoms with Crippen LogP contribution >= 0.6 is 15.9 Å². The zero-order valence-electron chi connectivity index (χ0n) is 15.8. The smallest absolute Gasteiger partial charge is 0.191 e. The third-order valence-electron chi connectivity index (χ3n) is 4.55. The number of benzene rings is 1. The van der Waals surface area contributed by atoms with Gasteiger partial charge in [0.05, 0.1) is 11.0 Å². The molecule has 1 atom stereocenters. The number of ether oxygens (including phenoxy) is 1. The van der Waals surface area contributed by atoms with Crippen molar-refractivity contribution >= 4 is 21.9 Å². The number of aliphatic imine (C=N–C) groups is 1. The molecule has 140 valence electrons. The first-order chi connectivity index (χ1) is 12.0. The zero-order valence-corrected chi connectivity index (χ0v) is 17.3. The van der Waals surface area contributed by atoms with E-state index in [1.807, 2.05) is 31.3 Å². The van der Waals surface area contributed by atoms with Crippen molar-refractivity contribution in [2.75, 3.05) is 26.7 Å². The van der Waals surface area contributed by atoms with Gasteiger partial charge in [-0.25, -0.2) is 0 Å². The van der Waals surface area contributed by atoms with E-state index in [0.29, 0.717) is 18.6 Å². The molecule has 2 rings (SSSR count). The second-order valence-corrected chi connectivity index (χ2v) is 7.71. The predicted octanol–water partition coefficient (Wildman–Crippen LogP) is 3.25. The van der Waals surface area contributed by atoms with Crippen molar-refractivity contribution in [1.82, 2.24) is 15.5 Å². The molecule has 1 aromatic carbocycles. The van der Waals surface area contributed by atoms with Gasteiger partial charge in [-0.15, -0.1) is 0 Å². The summed E-state index contributed by atoms with van der Waals surface area (Å²) in [5.74, 6) is 1.71. The van der Waals surface area contributed by atoms with Crippen LogP contribution in [0.4, 0.5) is 0 Å². The molecule has 1 aliphatic rings. The molecule has 1 aromatic rings. The number of nitrogens with one attached hydrogen (secondary N) is 2. The Morgan fingerprint density at radius 2 is 1.96 bits per heavy atom. The summed E-state index contributed by atoms with van der Waals surface area (Å²) in [6, 6.07) is 9.03. The van der Waals surface area contributed by atoms with Crippen LogP contribution in [0.3, 0.4) is 0 Å². The summed E-state index contributed by atoms with van der Waals surface area (Å²) in [7, 11) is 1.82. The van der Waals surface area contributed by atoms with Crippen molar-refractivity contribution in [3.05, 3.63) is 28.7 Å². The van der Waals surface area contributed by atoms with Crippen LogP contribution in [0.25, 0.3) is 0 Å². The molecule has 0 bridgehead atoms. The molecular weight excluding hydrogens is 380 g/mol. The summed E-state index contributed by atoms with van der Waals surface area (Å²) in [4.78, 5) is 6.88. The van der Waals surface area contributed by atoms with Crippen LogP contribution < -0.4 is 15.4 Å². The second kappa shape index (κ2) is 10.0. The lowest BCUT2D eigenvalue weighted by molar-refractivity contribution is 0.167. The fraction of sp³-hybridized carbons (Fsp3) is 0.632. The highest BCUT2D eigenvalue weighted by atomic mass is 79.9. The van der Waals surface area contributed by atoms with E-state index >= 15 is 0 Å². The Kier molecular flexibility index (Phi) is 8.03. The summed E-state index contributed by atoms with van der Waals surface area (Å²) in [5, 5.41) is 6.92. The second-order valence-electron chi connectivity index (χ2n) is 6.86. The number of nitrogens with zero attached hydrogens (tertiary/aromatic N) is 2. The Morgan fingerprint density at radius 3 is 2.56 bits per heavy atom. The van der Waals surface area contributed by atoms with E-state index in [1.165, 1.54) is 0 Å². The molecule has 0 radical (unpaired) electrons. The van der Waals surface area contributed by atoms with Gasteiger partial charge in [0.1, 0.15) is 11.9 Å². The summed E-state index contributed by atoms with van der Waals surface area (Å²) in [5.41, 5.74) is 0. The molecule has 1 heterocycles. The van der Waals surface area contributed by atoms with Crippen LogP contribution in [-0.2, 0) is 0 Å². The number of rotatable bonds is 6. The van der Waals surface area contributed by atoms with Gasteiger partial charge in [0.2, 0.25) is 0 Å². The number of para-hydroxylation sites is 1. The lowest BCUT2D eigenvalue weighted by Gasteiger charge is -2.35. The fourth-order valence-corrected chi connectivity index (χ4v) is 3.37. The standard InChI is InChI=1S/C19H31BrN4O/c1-14(2)24-11-9-16(10-12-24)23-19(21-4)22-13-15(3)25-18-8-6-5-7-17(18)20/h5-8,14-16H,9-13H2,1-4H3,(H2,21,22,23). The first-order valence-corrected chi connectivity index (χ1v) is 9.91. The minimum atomic E-state index is 0.0417. The SMILES string of the molecule is CN=C(NCC(C)Oc1ccccc1Br)NC1CCN(C(C)C)CC1. The van der Waals surface area contributed by atoms with E-state index in [0.717, 1.165) is 42.1 Å². The van der Waals surface area contributed by atoms with Crippen molar-refractivity contribution < 1.29 is 4.74 Å². The average molecular weight is 411 g/mol. The summed E-state index contributed by atoms with van der Waals surface area (Å²) >= 11 is 3.51. The van der Waals surface area contributed by atoms with Gasteiger partial charge in [0.15, 0.2) is 5.96 Å². The quantitative estimate of drug-likeness (QED) is 0.558. The minimum Gasteiger partial charge on any atom is -0.488 e. The molecule has 1 fully saturated rings. The van der Waals surface area contributed by atoms with Crippen LogP contribution in [-0.4, -0.2) is 55.7 Å². The highest BCUT2D eigenvalue weighted by Crippen LogP contribution is 2.24. The van der Waals surface area contributed by atoms with Gasteiger partial charge in [0.25, 0.3) is 0 Å². The monoisotopic (exact) mass is 410 g/mol. The van der Waals surface area contributed by atoms with E-state index in [9.17, 15) is 0 Å². The van der Waals surface area contributed by atoms with Gasteiger partial charge in [-0.3, -0.25) is 4.99 Å². The molecule has 1 aliphatic heterocycles. The molecule has 0 amide bonds. The van der Waals surface area contributed by atoms with Gasteiger partial charge in [0, 0.05) is 32.2 Å². The molecule has 0 saturated carbocycles. The molecule has 1 unspecified atom stereocenters. The zero-order chi connectivity index (χ0) is 18.2. The molecule has 25 heavy (non-hydrogen) atoms. The number of piperidine rings is 1. The van der Waals surface area contributed by atoms with Gasteiger partial charge in [-0.1, -0.05) is 12.1 Å². The van der Waals surface area contributed by atoms with Crippen LogP contribution in [0.1, 0.15) is 33.6 Å². The maximum atomic E-state index is 5.97. The molecule has 6 heteroatoms. The lowest BCUT2D eigenvalue weighted by Crippen LogP contribution is -2.50.